The van der Waals surface area contributed by atoms with Gasteiger partial charge in [-0.1, -0.05) is 23.7 Å². The van der Waals surface area contributed by atoms with Crippen LogP contribution in [0.3, 0.4) is 0 Å². The lowest BCUT2D eigenvalue weighted by atomic mass is 10.1. The van der Waals surface area contributed by atoms with Crippen molar-refractivity contribution in [2.24, 2.45) is 0 Å². The van der Waals surface area contributed by atoms with E-state index in [1.807, 2.05) is 37.2 Å². The minimum absolute atomic E-state index is 0.159. The number of nitriles is 1. The van der Waals surface area contributed by atoms with Crippen molar-refractivity contribution < 1.29 is 0 Å². The third kappa shape index (κ3) is 3.52. The zero-order valence-electron chi connectivity index (χ0n) is 12.0. The Morgan fingerprint density at radius 1 is 1.19 bits per heavy atom. The quantitative estimate of drug-likeness (QED) is 0.872. The molecule has 108 valence electrons. The first-order chi connectivity index (χ1) is 10.0. The fourth-order valence-electron chi connectivity index (χ4n) is 2.06. The maximum atomic E-state index is 12.4. The number of hydrogen-bond acceptors (Lipinski definition) is 3. The van der Waals surface area contributed by atoms with E-state index in [-0.39, 0.29) is 11.1 Å². The van der Waals surface area contributed by atoms with Gasteiger partial charge in [0.25, 0.3) is 5.56 Å². The topological polar surface area (TPSA) is 49.0 Å². The fraction of sp³-hybridized carbons (Fsp3) is 0.250. The van der Waals surface area contributed by atoms with E-state index in [1.54, 1.807) is 28.8 Å². The molecule has 0 bridgehead atoms. The largest absolute Gasteiger partial charge is 0.308 e. The van der Waals surface area contributed by atoms with Gasteiger partial charge in [0.05, 0.1) is 5.69 Å². The van der Waals surface area contributed by atoms with Crippen LogP contribution in [-0.2, 0) is 6.54 Å². The predicted molar refractivity (Wildman–Crippen MR) is 84.4 cm³/mol. The van der Waals surface area contributed by atoms with Crippen molar-refractivity contribution in [1.82, 2.24) is 9.47 Å². The van der Waals surface area contributed by atoms with Crippen LogP contribution in [0, 0.1) is 11.3 Å². The van der Waals surface area contributed by atoms with Crippen molar-refractivity contribution in [3.8, 4) is 17.3 Å². The highest BCUT2D eigenvalue weighted by molar-refractivity contribution is 6.30. The minimum Gasteiger partial charge on any atom is -0.308 e. The standard InChI is InChI=1S/C16H16ClN3O/c1-19(2)9-10-20-15(8-5-13(11-18)16(20)21)12-3-6-14(17)7-4-12/h3-8H,9-10H2,1-2H3. The molecule has 1 aromatic carbocycles. The van der Waals surface area contributed by atoms with Crippen LogP contribution in [0.5, 0.6) is 0 Å². The van der Waals surface area contributed by atoms with Crippen molar-refractivity contribution in [2.75, 3.05) is 20.6 Å². The smallest absolute Gasteiger partial charge is 0.268 e. The molecule has 0 amide bonds. The molecule has 2 aromatic rings. The molecule has 0 aliphatic heterocycles. The van der Waals surface area contributed by atoms with Gasteiger partial charge in [0.1, 0.15) is 11.6 Å². The number of halogens is 1. The molecular formula is C16H16ClN3O. The monoisotopic (exact) mass is 301 g/mol. The Bertz CT molecular complexity index is 727. The first kappa shape index (κ1) is 15.3. The normalized spacial score (nSPS) is 10.6. The number of benzene rings is 1. The summed E-state index contributed by atoms with van der Waals surface area (Å²) in [5.74, 6) is 0. The minimum atomic E-state index is -0.258. The van der Waals surface area contributed by atoms with Gasteiger partial charge < -0.3 is 9.47 Å². The Labute approximate surface area is 128 Å². The van der Waals surface area contributed by atoms with E-state index in [2.05, 4.69) is 0 Å². The second-order valence-corrected chi connectivity index (χ2v) is 5.45. The summed E-state index contributed by atoms with van der Waals surface area (Å²) in [4.78, 5) is 14.4. The zero-order valence-corrected chi connectivity index (χ0v) is 12.8. The van der Waals surface area contributed by atoms with E-state index >= 15 is 0 Å². The fourth-order valence-corrected chi connectivity index (χ4v) is 2.18. The number of pyridine rings is 1. The molecule has 0 radical (unpaired) electrons. The van der Waals surface area contributed by atoms with Crippen molar-refractivity contribution >= 4 is 11.6 Å². The predicted octanol–water partition coefficient (Wildman–Crippen LogP) is 2.60. The lowest BCUT2D eigenvalue weighted by Gasteiger charge is -2.16. The summed E-state index contributed by atoms with van der Waals surface area (Å²) in [6.45, 7) is 1.24. The second kappa shape index (κ2) is 6.57. The Balaban J connectivity index is 2.54. The maximum absolute atomic E-state index is 12.4. The summed E-state index contributed by atoms with van der Waals surface area (Å²) < 4.78 is 1.64. The molecule has 21 heavy (non-hydrogen) atoms. The Morgan fingerprint density at radius 3 is 2.43 bits per heavy atom. The highest BCUT2D eigenvalue weighted by Gasteiger charge is 2.10. The molecule has 5 heteroatoms. The van der Waals surface area contributed by atoms with Gasteiger partial charge >= 0.3 is 0 Å². The number of nitrogens with zero attached hydrogens (tertiary/aromatic N) is 3. The molecule has 0 saturated heterocycles. The average Bonchev–Trinajstić information content (AvgIpc) is 2.46. The van der Waals surface area contributed by atoms with Crippen molar-refractivity contribution in [2.45, 2.75) is 6.54 Å². The average molecular weight is 302 g/mol. The van der Waals surface area contributed by atoms with Crippen LogP contribution in [0.15, 0.2) is 41.2 Å². The van der Waals surface area contributed by atoms with Gasteiger partial charge in [-0.25, -0.2) is 0 Å². The SMILES string of the molecule is CN(C)CCn1c(-c2ccc(Cl)cc2)ccc(C#N)c1=O. The Hall–Kier alpha value is -2.09. The highest BCUT2D eigenvalue weighted by Crippen LogP contribution is 2.20. The van der Waals surface area contributed by atoms with E-state index in [4.69, 9.17) is 16.9 Å². The van der Waals surface area contributed by atoms with Crippen molar-refractivity contribution in [3.05, 3.63) is 57.3 Å². The lowest BCUT2D eigenvalue weighted by Crippen LogP contribution is -2.29. The number of likely N-dealkylation sites (N-methyl/N-ethyl adjacent to an activating group) is 1. The van der Waals surface area contributed by atoms with Gasteiger partial charge in [-0.2, -0.15) is 5.26 Å². The molecular weight excluding hydrogens is 286 g/mol. The van der Waals surface area contributed by atoms with Crippen molar-refractivity contribution in [1.29, 1.82) is 5.26 Å². The van der Waals surface area contributed by atoms with Crippen molar-refractivity contribution in [3.63, 3.8) is 0 Å². The molecule has 0 N–H and O–H groups in total. The summed E-state index contributed by atoms with van der Waals surface area (Å²) in [7, 11) is 3.89. The molecule has 0 atom stereocenters. The van der Waals surface area contributed by atoms with Crippen LogP contribution in [0.2, 0.25) is 5.02 Å². The van der Waals surface area contributed by atoms with Gasteiger partial charge in [0, 0.05) is 18.1 Å². The summed E-state index contributed by atoms with van der Waals surface area (Å²) in [6, 6.07) is 12.6. The van der Waals surface area contributed by atoms with Crippen LogP contribution in [0.1, 0.15) is 5.56 Å². The van der Waals surface area contributed by atoms with Crippen LogP contribution in [0.4, 0.5) is 0 Å². The molecule has 4 nitrogen and oxygen atoms in total. The van der Waals surface area contributed by atoms with Crippen LogP contribution in [0.25, 0.3) is 11.3 Å². The highest BCUT2D eigenvalue weighted by atomic mass is 35.5. The van der Waals surface area contributed by atoms with Gasteiger partial charge in [-0.05, 0) is 43.9 Å². The van der Waals surface area contributed by atoms with E-state index < -0.39 is 0 Å². The maximum Gasteiger partial charge on any atom is 0.268 e. The summed E-state index contributed by atoms with van der Waals surface area (Å²) in [5.41, 5.74) is 1.59. The van der Waals surface area contributed by atoms with Crippen LogP contribution < -0.4 is 5.56 Å². The molecule has 1 heterocycles. The van der Waals surface area contributed by atoms with Crippen LogP contribution >= 0.6 is 11.6 Å². The number of aromatic nitrogens is 1. The van der Waals surface area contributed by atoms with E-state index in [0.29, 0.717) is 11.6 Å². The van der Waals surface area contributed by atoms with E-state index in [1.165, 1.54) is 0 Å². The molecule has 0 spiro atoms. The first-order valence-electron chi connectivity index (χ1n) is 6.57. The summed E-state index contributed by atoms with van der Waals surface area (Å²) in [6.07, 6.45) is 0. The molecule has 0 aliphatic carbocycles. The number of rotatable bonds is 4. The van der Waals surface area contributed by atoms with Gasteiger partial charge in [-0.3, -0.25) is 4.79 Å². The molecule has 0 aliphatic rings. The van der Waals surface area contributed by atoms with Crippen LogP contribution in [-0.4, -0.2) is 30.1 Å². The summed E-state index contributed by atoms with van der Waals surface area (Å²) >= 11 is 5.90. The summed E-state index contributed by atoms with van der Waals surface area (Å²) in [5, 5.41) is 9.67. The van der Waals surface area contributed by atoms with E-state index in [0.717, 1.165) is 17.8 Å². The van der Waals surface area contributed by atoms with Gasteiger partial charge in [0.2, 0.25) is 0 Å². The first-order valence-corrected chi connectivity index (χ1v) is 6.95. The van der Waals surface area contributed by atoms with Gasteiger partial charge in [-0.15, -0.1) is 0 Å². The van der Waals surface area contributed by atoms with Gasteiger partial charge in [0.15, 0.2) is 0 Å². The third-order valence-electron chi connectivity index (χ3n) is 3.21. The van der Waals surface area contributed by atoms with E-state index in [9.17, 15) is 4.79 Å². The molecule has 2 rings (SSSR count). The Morgan fingerprint density at radius 2 is 1.86 bits per heavy atom. The molecule has 1 aromatic heterocycles. The number of hydrogen-bond donors (Lipinski definition) is 0. The molecule has 0 fully saturated rings. The zero-order chi connectivity index (χ0) is 15.4. The third-order valence-corrected chi connectivity index (χ3v) is 3.46. The lowest BCUT2D eigenvalue weighted by molar-refractivity contribution is 0.382. The molecule has 0 unspecified atom stereocenters. The Kier molecular flexibility index (Phi) is 4.79. The molecule has 0 saturated carbocycles. The second-order valence-electron chi connectivity index (χ2n) is 5.01.